The Balaban J connectivity index is 2.18. The average Bonchev–Trinajstić information content (AvgIpc) is 2.22. The van der Waals surface area contributed by atoms with Crippen LogP contribution in [-0.2, 0) is 4.74 Å². The highest BCUT2D eigenvalue weighted by molar-refractivity contribution is 9.10. The number of aliphatic hydroxyl groups is 1. The molecule has 0 aliphatic carbocycles. The third-order valence-corrected chi connectivity index (χ3v) is 3.18. The maximum Gasteiger partial charge on any atom is 0.137 e. The number of halogens is 2. The van der Waals surface area contributed by atoms with E-state index < -0.39 is 0 Å². The molecule has 1 aliphatic rings. The highest BCUT2D eigenvalue weighted by Gasteiger charge is 2.22. The molecule has 1 fully saturated rings. The van der Waals surface area contributed by atoms with Gasteiger partial charge in [0.15, 0.2) is 0 Å². The highest BCUT2D eigenvalue weighted by atomic mass is 79.9. The van der Waals surface area contributed by atoms with E-state index >= 15 is 0 Å². The Morgan fingerprint density at radius 3 is 2.93 bits per heavy atom. The minimum atomic E-state index is -0.312. The van der Waals surface area contributed by atoms with E-state index in [1.165, 1.54) is 6.07 Å². The minimum absolute atomic E-state index is 0.120. The van der Waals surface area contributed by atoms with Crippen LogP contribution in [0.5, 0.6) is 0 Å². The van der Waals surface area contributed by atoms with Gasteiger partial charge in [-0.15, -0.1) is 0 Å². The normalized spacial score (nSPS) is 26.6. The van der Waals surface area contributed by atoms with Crippen LogP contribution in [0.1, 0.15) is 24.5 Å². The summed E-state index contributed by atoms with van der Waals surface area (Å²) in [6.45, 7) is 0.556. The van der Waals surface area contributed by atoms with Crippen LogP contribution in [0, 0.1) is 5.82 Å². The number of benzene rings is 1. The molecule has 2 nitrogen and oxygen atoms in total. The Morgan fingerprint density at radius 2 is 2.27 bits per heavy atom. The summed E-state index contributed by atoms with van der Waals surface area (Å²) in [5, 5.41) is 9.50. The fourth-order valence-electron chi connectivity index (χ4n) is 1.72. The minimum Gasteiger partial charge on any atom is -0.393 e. The van der Waals surface area contributed by atoms with Gasteiger partial charge in [-0.2, -0.15) is 0 Å². The molecule has 15 heavy (non-hydrogen) atoms. The van der Waals surface area contributed by atoms with Crippen molar-refractivity contribution >= 4 is 15.9 Å². The summed E-state index contributed by atoms with van der Waals surface area (Å²) in [6, 6.07) is 4.81. The maximum absolute atomic E-state index is 13.0. The number of ether oxygens (including phenoxy) is 1. The first kappa shape index (κ1) is 11.0. The summed E-state index contributed by atoms with van der Waals surface area (Å²) < 4.78 is 19.0. The molecular formula is C11H12BrFO2. The predicted octanol–water partition coefficient (Wildman–Crippen LogP) is 2.80. The van der Waals surface area contributed by atoms with E-state index in [9.17, 15) is 9.50 Å². The average molecular weight is 275 g/mol. The second-order valence-electron chi connectivity index (χ2n) is 3.71. The number of aliphatic hydroxyl groups excluding tert-OH is 1. The van der Waals surface area contributed by atoms with Crippen LogP contribution in [0.4, 0.5) is 4.39 Å². The van der Waals surface area contributed by atoms with Crippen molar-refractivity contribution in [3.8, 4) is 0 Å². The van der Waals surface area contributed by atoms with Gasteiger partial charge >= 0.3 is 0 Å². The van der Waals surface area contributed by atoms with Crippen LogP contribution in [-0.4, -0.2) is 17.8 Å². The number of hydrogen-bond acceptors (Lipinski definition) is 2. The lowest BCUT2D eigenvalue weighted by Gasteiger charge is -2.26. The Kier molecular flexibility index (Phi) is 3.38. The van der Waals surface area contributed by atoms with Crippen LogP contribution >= 0.6 is 15.9 Å². The second kappa shape index (κ2) is 4.60. The summed E-state index contributed by atoms with van der Waals surface area (Å²) in [6.07, 6.45) is 0.829. The SMILES string of the molecule is OC1CCOC(c2ccc(F)c(Br)c2)C1. The largest absolute Gasteiger partial charge is 0.393 e. The fourth-order valence-corrected chi connectivity index (χ4v) is 2.12. The topological polar surface area (TPSA) is 29.5 Å². The van der Waals surface area contributed by atoms with Gasteiger partial charge in [0.2, 0.25) is 0 Å². The van der Waals surface area contributed by atoms with Crippen LogP contribution in [0.15, 0.2) is 22.7 Å². The first-order valence-electron chi connectivity index (χ1n) is 4.91. The predicted molar refractivity (Wildman–Crippen MR) is 58.0 cm³/mol. The molecule has 4 heteroatoms. The second-order valence-corrected chi connectivity index (χ2v) is 4.57. The lowest BCUT2D eigenvalue weighted by atomic mass is 9.99. The molecule has 0 saturated carbocycles. The van der Waals surface area contributed by atoms with E-state index in [0.717, 1.165) is 5.56 Å². The van der Waals surface area contributed by atoms with Crippen LogP contribution in [0.3, 0.4) is 0 Å². The number of hydrogen-bond donors (Lipinski definition) is 1. The van der Waals surface area contributed by atoms with Crippen LogP contribution < -0.4 is 0 Å². The Bertz CT molecular complexity index is 356. The standard InChI is InChI=1S/C11H12BrFO2/c12-9-5-7(1-2-10(9)13)11-6-8(14)3-4-15-11/h1-2,5,8,11,14H,3-4,6H2. The van der Waals surface area contributed by atoms with Crippen molar-refractivity contribution in [2.45, 2.75) is 25.0 Å². The molecule has 1 saturated heterocycles. The van der Waals surface area contributed by atoms with E-state index in [4.69, 9.17) is 4.74 Å². The van der Waals surface area contributed by atoms with Gasteiger partial charge in [0.1, 0.15) is 5.82 Å². The van der Waals surface area contributed by atoms with Crippen LogP contribution in [0.25, 0.3) is 0 Å². The molecule has 1 aromatic rings. The van der Waals surface area contributed by atoms with Gasteiger partial charge in [0.25, 0.3) is 0 Å². The summed E-state index contributed by atoms with van der Waals surface area (Å²) in [7, 11) is 0. The highest BCUT2D eigenvalue weighted by Crippen LogP contribution is 2.30. The first-order chi connectivity index (χ1) is 7.16. The van der Waals surface area contributed by atoms with E-state index in [0.29, 0.717) is 23.9 Å². The zero-order valence-electron chi connectivity index (χ0n) is 8.12. The van der Waals surface area contributed by atoms with Gasteiger partial charge in [-0.25, -0.2) is 4.39 Å². The molecule has 0 bridgehead atoms. The molecule has 0 spiro atoms. The molecule has 0 radical (unpaired) electrons. The van der Waals surface area contributed by atoms with E-state index in [-0.39, 0.29) is 18.0 Å². The van der Waals surface area contributed by atoms with Gasteiger partial charge in [-0.3, -0.25) is 0 Å². The summed E-state index contributed by atoms with van der Waals surface area (Å²) in [4.78, 5) is 0. The lowest BCUT2D eigenvalue weighted by Crippen LogP contribution is -2.23. The van der Waals surface area contributed by atoms with Gasteiger partial charge in [0, 0.05) is 13.0 Å². The van der Waals surface area contributed by atoms with E-state index in [1.54, 1.807) is 12.1 Å². The third kappa shape index (κ3) is 2.56. The van der Waals surface area contributed by atoms with Gasteiger partial charge in [0.05, 0.1) is 16.7 Å². The lowest BCUT2D eigenvalue weighted by molar-refractivity contribution is -0.0448. The molecule has 82 valence electrons. The van der Waals surface area contributed by atoms with Crippen molar-refractivity contribution < 1.29 is 14.2 Å². The summed E-state index contributed by atoms with van der Waals surface area (Å²) >= 11 is 3.13. The molecule has 1 aromatic carbocycles. The Morgan fingerprint density at radius 1 is 1.47 bits per heavy atom. The molecule has 2 rings (SSSR count). The van der Waals surface area contributed by atoms with Gasteiger partial charge in [-0.1, -0.05) is 6.07 Å². The zero-order chi connectivity index (χ0) is 10.8. The Hall–Kier alpha value is -0.450. The van der Waals surface area contributed by atoms with Crippen molar-refractivity contribution in [1.29, 1.82) is 0 Å². The Labute approximate surface area is 96.2 Å². The molecule has 2 unspecified atom stereocenters. The zero-order valence-corrected chi connectivity index (χ0v) is 9.71. The van der Waals surface area contributed by atoms with E-state index in [2.05, 4.69) is 15.9 Å². The quantitative estimate of drug-likeness (QED) is 0.854. The van der Waals surface area contributed by atoms with Crippen LogP contribution in [0.2, 0.25) is 0 Å². The van der Waals surface area contributed by atoms with Crippen molar-refractivity contribution in [2.75, 3.05) is 6.61 Å². The summed E-state index contributed by atoms with van der Waals surface area (Å²) in [5.74, 6) is -0.282. The van der Waals surface area contributed by atoms with Crippen molar-refractivity contribution in [2.24, 2.45) is 0 Å². The smallest absolute Gasteiger partial charge is 0.137 e. The first-order valence-corrected chi connectivity index (χ1v) is 5.70. The fraction of sp³-hybridized carbons (Fsp3) is 0.455. The third-order valence-electron chi connectivity index (χ3n) is 2.57. The molecular weight excluding hydrogens is 263 g/mol. The molecule has 1 aliphatic heterocycles. The molecule has 2 atom stereocenters. The van der Waals surface area contributed by atoms with Gasteiger partial charge in [-0.05, 0) is 40.0 Å². The van der Waals surface area contributed by atoms with E-state index in [1.807, 2.05) is 0 Å². The monoisotopic (exact) mass is 274 g/mol. The molecule has 0 amide bonds. The number of rotatable bonds is 1. The van der Waals surface area contributed by atoms with Crippen molar-refractivity contribution in [1.82, 2.24) is 0 Å². The van der Waals surface area contributed by atoms with Gasteiger partial charge < -0.3 is 9.84 Å². The molecule has 1 heterocycles. The van der Waals surface area contributed by atoms with Crippen molar-refractivity contribution in [3.05, 3.63) is 34.1 Å². The van der Waals surface area contributed by atoms with Crippen molar-refractivity contribution in [3.63, 3.8) is 0 Å². The summed E-state index contributed by atoms with van der Waals surface area (Å²) in [5.41, 5.74) is 0.905. The maximum atomic E-state index is 13.0. The molecule has 1 N–H and O–H groups in total. The molecule has 0 aromatic heterocycles.